The van der Waals surface area contributed by atoms with Gasteiger partial charge in [-0.3, -0.25) is 0 Å². The van der Waals surface area contributed by atoms with Gasteiger partial charge in [0.05, 0.1) is 6.61 Å². The molecule has 0 aliphatic carbocycles. The van der Waals surface area contributed by atoms with Crippen molar-refractivity contribution in [3.8, 4) is 5.75 Å². The molecule has 2 nitrogen and oxygen atoms in total. The lowest BCUT2D eigenvalue weighted by Crippen LogP contribution is -2.01. The number of hydrogen-bond donors (Lipinski definition) is 1. The molecular weight excluding hydrogens is 186 g/mol. The van der Waals surface area contributed by atoms with Gasteiger partial charge >= 0.3 is 0 Å². The highest BCUT2D eigenvalue weighted by atomic mass is 16.5. The van der Waals surface area contributed by atoms with Crippen LogP contribution in [0.3, 0.4) is 0 Å². The summed E-state index contributed by atoms with van der Waals surface area (Å²) in [6, 6.07) is 8.17. The van der Waals surface area contributed by atoms with Crippen molar-refractivity contribution in [2.45, 2.75) is 33.1 Å². The van der Waals surface area contributed by atoms with Gasteiger partial charge in [0.2, 0.25) is 0 Å². The summed E-state index contributed by atoms with van der Waals surface area (Å²) in [5.41, 5.74) is 1.15. The van der Waals surface area contributed by atoms with Crippen LogP contribution in [0.4, 0.5) is 5.69 Å². The van der Waals surface area contributed by atoms with Gasteiger partial charge in [0, 0.05) is 18.3 Å². The Morgan fingerprint density at radius 2 is 2.07 bits per heavy atom. The van der Waals surface area contributed by atoms with Crippen LogP contribution in [0.15, 0.2) is 24.3 Å². The third-order valence-electron chi connectivity index (χ3n) is 2.17. The minimum Gasteiger partial charge on any atom is -0.494 e. The quantitative estimate of drug-likeness (QED) is 0.688. The van der Waals surface area contributed by atoms with Crippen molar-refractivity contribution < 1.29 is 4.74 Å². The zero-order chi connectivity index (χ0) is 10.9. The van der Waals surface area contributed by atoms with E-state index in [0.29, 0.717) is 0 Å². The molecule has 0 spiro atoms. The van der Waals surface area contributed by atoms with Gasteiger partial charge in [-0.2, -0.15) is 0 Å². The molecule has 84 valence electrons. The number of anilines is 1. The lowest BCUT2D eigenvalue weighted by molar-refractivity contribution is 0.317. The van der Waals surface area contributed by atoms with Crippen LogP contribution < -0.4 is 10.1 Å². The van der Waals surface area contributed by atoms with Gasteiger partial charge in [-0.25, -0.2) is 0 Å². The SMILES string of the molecule is CCCCNc1cccc(OCCC)c1. The molecule has 0 amide bonds. The van der Waals surface area contributed by atoms with Crippen molar-refractivity contribution in [3.05, 3.63) is 24.3 Å². The summed E-state index contributed by atoms with van der Waals surface area (Å²) >= 11 is 0. The predicted octanol–water partition coefficient (Wildman–Crippen LogP) is 3.69. The summed E-state index contributed by atoms with van der Waals surface area (Å²) in [5, 5.41) is 3.38. The Morgan fingerprint density at radius 1 is 1.20 bits per heavy atom. The van der Waals surface area contributed by atoms with E-state index in [2.05, 4.69) is 31.3 Å². The maximum Gasteiger partial charge on any atom is 0.121 e. The fourth-order valence-corrected chi connectivity index (χ4v) is 1.33. The zero-order valence-corrected chi connectivity index (χ0v) is 9.75. The van der Waals surface area contributed by atoms with Crippen molar-refractivity contribution in [2.24, 2.45) is 0 Å². The Labute approximate surface area is 92.6 Å². The van der Waals surface area contributed by atoms with E-state index in [1.165, 1.54) is 12.8 Å². The smallest absolute Gasteiger partial charge is 0.121 e. The maximum absolute atomic E-state index is 5.56. The van der Waals surface area contributed by atoms with Crippen molar-refractivity contribution >= 4 is 5.69 Å². The third kappa shape index (κ3) is 4.73. The third-order valence-corrected chi connectivity index (χ3v) is 2.17. The van der Waals surface area contributed by atoms with E-state index in [1.807, 2.05) is 12.1 Å². The molecule has 0 heterocycles. The van der Waals surface area contributed by atoms with Crippen LogP contribution in [-0.2, 0) is 0 Å². The molecule has 0 saturated heterocycles. The van der Waals surface area contributed by atoms with Crippen LogP contribution in [-0.4, -0.2) is 13.2 Å². The number of benzene rings is 1. The van der Waals surface area contributed by atoms with Crippen molar-refractivity contribution in [3.63, 3.8) is 0 Å². The summed E-state index contributed by atoms with van der Waals surface area (Å²) in [6.45, 7) is 6.14. The first kappa shape index (κ1) is 11.9. The first-order valence-electron chi connectivity index (χ1n) is 5.83. The molecular formula is C13H21NO. The molecule has 1 aromatic carbocycles. The first-order valence-corrected chi connectivity index (χ1v) is 5.83. The van der Waals surface area contributed by atoms with Gasteiger partial charge in [-0.15, -0.1) is 0 Å². The molecule has 0 unspecified atom stereocenters. The van der Waals surface area contributed by atoms with Crippen LogP contribution in [0.5, 0.6) is 5.75 Å². The molecule has 0 radical (unpaired) electrons. The van der Waals surface area contributed by atoms with Crippen LogP contribution >= 0.6 is 0 Å². The second-order valence-corrected chi connectivity index (χ2v) is 3.66. The van der Waals surface area contributed by atoms with Gasteiger partial charge < -0.3 is 10.1 Å². The number of rotatable bonds is 7. The van der Waals surface area contributed by atoms with E-state index in [0.717, 1.165) is 31.0 Å². The summed E-state index contributed by atoms with van der Waals surface area (Å²) < 4.78 is 5.56. The highest BCUT2D eigenvalue weighted by Crippen LogP contribution is 2.17. The molecule has 0 bridgehead atoms. The second kappa shape index (κ2) is 7.16. The molecule has 0 atom stereocenters. The van der Waals surface area contributed by atoms with Gasteiger partial charge in [0.25, 0.3) is 0 Å². The molecule has 15 heavy (non-hydrogen) atoms. The van der Waals surface area contributed by atoms with E-state index < -0.39 is 0 Å². The fraction of sp³-hybridized carbons (Fsp3) is 0.538. The summed E-state index contributed by atoms with van der Waals surface area (Å²) in [7, 11) is 0. The molecule has 0 aliphatic heterocycles. The molecule has 0 aliphatic rings. The van der Waals surface area contributed by atoms with Crippen molar-refractivity contribution in [1.29, 1.82) is 0 Å². The van der Waals surface area contributed by atoms with E-state index in [9.17, 15) is 0 Å². The topological polar surface area (TPSA) is 21.3 Å². The Morgan fingerprint density at radius 3 is 2.80 bits per heavy atom. The standard InChI is InChI=1S/C13H21NO/c1-3-5-9-14-12-7-6-8-13(11-12)15-10-4-2/h6-8,11,14H,3-5,9-10H2,1-2H3. The van der Waals surface area contributed by atoms with Crippen LogP contribution in [0, 0.1) is 0 Å². The summed E-state index contributed by atoms with van der Waals surface area (Å²) in [4.78, 5) is 0. The molecule has 1 N–H and O–H groups in total. The number of unbranched alkanes of at least 4 members (excludes halogenated alkanes) is 1. The molecule has 0 saturated carbocycles. The lowest BCUT2D eigenvalue weighted by atomic mass is 10.3. The molecule has 2 heteroatoms. The number of hydrogen-bond acceptors (Lipinski definition) is 2. The minimum absolute atomic E-state index is 0.790. The van der Waals surface area contributed by atoms with Gasteiger partial charge in [0.15, 0.2) is 0 Å². The Hall–Kier alpha value is -1.18. The Bertz CT molecular complexity index is 273. The monoisotopic (exact) mass is 207 g/mol. The highest BCUT2D eigenvalue weighted by Gasteiger charge is 1.95. The average molecular weight is 207 g/mol. The fourth-order valence-electron chi connectivity index (χ4n) is 1.33. The molecule has 0 fully saturated rings. The van der Waals surface area contributed by atoms with Crippen LogP contribution in [0.25, 0.3) is 0 Å². The van der Waals surface area contributed by atoms with Gasteiger partial charge in [0.1, 0.15) is 5.75 Å². The number of ether oxygens (including phenoxy) is 1. The van der Waals surface area contributed by atoms with Crippen LogP contribution in [0.2, 0.25) is 0 Å². The molecule has 0 aromatic heterocycles. The minimum atomic E-state index is 0.790. The lowest BCUT2D eigenvalue weighted by Gasteiger charge is -2.08. The predicted molar refractivity (Wildman–Crippen MR) is 65.6 cm³/mol. The highest BCUT2D eigenvalue weighted by molar-refractivity contribution is 5.48. The average Bonchev–Trinajstić information content (AvgIpc) is 2.27. The second-order valence-electron chi connectivity index (χ2n) is 3.66. The molecule has 1 aromatic rings. The largest absolute Gasteiger partial charge is 0.494 e. The Kier molecular flexibility index (Phi) is 5.67. The Balaban J connectivity index is 2.42. The van der Waals surface area contributed by atoms with Crippen molar-refractivity contribution in [1.82, 2.24) is 0 Å². The maximum atomic E-state index is 5.56. The zero-order valence-electron chi connectivity index (χ0n) is 9.75. The van der Waals surface area contributed by atoms with Gasteiger partial charge in [-0.05, 0) is 25.0 Å². The number of nitrogens with one attached hydrogen (secondary N) is 1. The molecule has 1 rings (SSSR count). The van der Waals surface area contributed by atoms with E-state index in [4.69, 9.17) is 4.74 Å². The normalized spacial score (nSPS) is 10.0. The van der Waals surface area contributed by atoms with E-state index in [-0.39, 0.29) is 0 Å². The van der Waals surface area contributed by atoms with Crippen LogP contribution in [0.1, 0.15) is 33.1 Å². The van der Waals surface area contributed by atoms with E-state index in [1.54, 1.807) is 0 Å². The van der Waals surface area contributed by atoms with E-state index >= 15 is 0 Å². The summed E-state index contributed by atoms with van der Waals surface area (Å²) in [6.07, 6.45) is 3.48. The van der Waals surface area contributed by atoms with Gasteiger partial charge in [-0.1, -0.05) is 26.3 Å². The van der Waals surface area contributed by atoms with Crippen molar-refractivity contribution in [2.75, 3.05) is 18.5 Å². The first-order chi connectivity index (χ1) is 7.36. The summed E-state index contributed by atoms with van der Waals surface area (Å²) in [5.74, 6) is 0.957.